The van der Waals surface area contributed by atoms with Gasteiger partial charge in [-0.3, -0.25) is 0 Å². The van der Waals surface area contributed by atoms with Gasteiger partial charge < -0.3 is 4.74 Å². The predicted octanol–water partition coefficient (Wildman–Crippen LogP) is 2.43. The van der Waals surface area contributed by atoms with E-state index in [1.165, 1.54) is 0 Å². The quantitative estimate of drug-likeness (QED) is 0.769. The summed E-state index contributed by atoms with van der Waals surface area (Å²) in [6.45, 7) is 1.92. The van der Waals surface area contributed by atoms with Crippen LogP contribution in [0.3, 0.4) is 0 Å². The van der Waals surface area contributed by atoms with Gasteiger partial charge in [0, 0.05) is 19.4 Å². The molecular weight excluding hydrogens is 226 g/mol. The van der Waals surface area contributed by atoms with Gasteiger partial charge >= 0.3 is 0 Å². The molecule has 0 bridgehead atoms. The van der Waals surface area contributed by atoms with Gasteiger partial charge in [0.1, 0.15) is 5.69 Å². The number of methoxy groups -OCH3 is 1. The van der Waals surface area contributed by atoms with Crippen LogP contribution in [0.2, 0.25) is 5.15 Å². The summed E-state index contributed by atoms with van der Waals surface area (Å²) in [5, 5.41) is 4.58. The third kappa shape index (κ3) is 1.94. The lowest BCUT2D eigenvalue weighted by molar-refractivity contribution is 0.113. The van der Waals surface area contributed by atoms with Crippen LogP contribution in [0.4, 0.5) is 0 Å². The zero-order chi connectivity index (χ0) is 11.5. The van der Waals surface area contributed by atoms with Crippen LogP contribution in [-0.4, -0.2) is 21.9 Å². The van der Waals surface area contributed by atoms with Crippen LogP contribution in [0, 0.1) is 6.07 Å². The number of ether oxygens (including phenoxy) is 1. The second-order valence-electron chi connectivity index (χ2n) is 3.28. The van der Waals surface area contributed by atoms with Gasteiger partial charge in [-0.15, -0.1) is 0 Å². The van der Waals surface area contributed by atoms with Crippen molar-refractivity contribution in [2.75, 3.05) is 7.11 Å². The molecule has 0 fully saturated rings. The van der Waals surface area contributed by atoms with Crippen LogP contribution in [-0.2, 0) is 4.74 Å². The number of aromatic nitrogens is 3. The molecule has 1 radical (unpaired) electrons. The average Bonchev–Trinajstić information content (AvgIpc) is 2.77. The summed E-state index contributed by atoms with van der Waals surface area (Å²) >= 11 is 6.01. The van der Waals surface area contributed by atoms with E-state index in [0.717, 1.165) is 11.4 Å². The van der Waals surface area contributed by atoms with Crippen LogP contribution in [0.1, 0.15) is 18.7 Å². The second-order valence-corrected chi connectivity index (χ2v) is 3.64. The Labute approximate surface area is 98.8 Å². The van der Waals surface area contributed by atoms with Crippen LogP contribution in [0.5, 0.6) is 0 Å². The molecule has 0 saturated heterocycles. The van der Waals surface area contributed by atoms with Crippen LogP contribution >= 0.6 is 11.6 Å². The van der Waals surface area contributed by atoms with Gasteiger partial charge in [0.05, 0.1) is 18.0 Å². The standard InChI is InChI=1S/C11H11ClN3O/c1-8(16-2)9-5-7-14-15(9)10-4-3-6-13-11(10)12/h3-4,6-8H,1-2H3. The van der Waals surface area contributed by atoms with Gasteiger partial charge in [-0.1, -0.05) is 11.6 Å². The van der Waals surface area contributed by atoms with Gasteiger partial charge in [-0.05, 0) is 19.1 Å². The van der Waals surface area contributed by atoms with Crippen molar-refractivity contribution in [3.05, 3.63) is 41.4 Å². The molecule has 0 aliphatic rings. The minimum Gasteiger partial charge on any atom is -0.375 e. The number of pyridine rings is 1. The molecule has 0 spiro atoms. The van der Waals surface area contributed by atoms with Crippen LogP contribution < -0.4 is 0 Å². The summed E-state index contributed by atoms with van der Waals surface area (Å²) in [5.74, 6) is 0. The topological polar surface area (TPSA) is 39.9 Å². The van der Waals surface area contributed by atoms with E-state index in [1.807, 2.05) is 19.1 Å². The highest BCUT2D eigenvalue weighted by atomic mass is 35.5. The largest absolute Gasteiger partial charge is 0.375 e. The minimum atomic E-state index is -0.0984. The molecule has 2 aromatic rings. The van der Waals surface area contributed by atoms with E-state index in [2.05, 4.69) is 16.1 Å². The summed E-state index contributed by atoms with van der Waals surface area (Å²) < 4.78 is 6.93. The Morgan fingerprint density at radius 2 is 2.38 bits per heavy atom. The normalized spacial score (nSPS) is 12.7. The van der Waals surface area contributed by atoms with E-state index in [-0.39, 0.29) is 6.10 Å². The number of hydrogen-bond donors (Lipinski definition) is 0. The molecule has 4 nitrogen and oxygen atoms in total. The Hall–Kier alpha value is -1.39. The third-order valence-corrected chi connectivity index (χ3v) is 2.61. The molecule has 0 aliphatic carbocycles. The van der Waals surface area contributed by atoms with Crippen molar-refractivity contribution in [1.29, 1.82) is 0 Å². The molecule has 0 aliphatic heterocycles. The fourth-order valence-corrected chi connectivity index (χ4v) is 1.60. The lowest BCUT2D eigenvalue weighted by atomic mass is 10.3. The van der Waals surface area contributed by atoms with E-state index in [1.54, 1.807) is 24.2 Å². The molecule has 2 heterocycles. The summed E-state index contributed by atoms with van der Waals surface area (Å²) in [4.78, 5) is 4.01. The molecule has 2 rings (SSSR count). The molecule has 83 valence electrons. The lowest BCUT2D eigenvalue weighted by Crippen LogP contribution is -2.07. The van der Waals surface area contributed by atoms with Crippen molar-refractivity contribution in [2.45, 2.75) is 13.0 Å². The molecular formula is C11H11ClN3O. The van der Waals surface area contributed by atoms with Crippen molar-refractivity contribution in [1.82, 2.24) is 14.8 Å². The van der Waals surface area contributed by atoms with Crippen molar-refractivity contribution >= 4 is 11.6 Å². The summed E-state index contributed by atoms with van der Waals surface area (Å²) in [5.41, 5.74) is 1.54. The fourth-order valence-electron chi connectivity index (χ4n) is 1.40. The predicted molar refractivity (Wildman–Crippen MR) is 60.6 cm³/mol. The Morgan fingerprint density at radius 3 is 3.06 bits per heavy atom. The van der Waals surface area contributed by atoms with E-state index >= 15 is 0 Å². The zero-order valence-electron chi connectivity index (χ0n) is 9.01. The molecule has 2 aromatic heterocycles. The first kappa shape index (κ1) is 11.1. The maximum atomic E-state index is 6.01. The summed E-state index contributed by atoms with van der Waals surface area (Å²) in [6, 6.07) is 6.68. The van der Waals surface area contributed by atoms with E-state index < -0.39 is 0 Å². The van der Waals surface area contributed by atoms with E-state index in [0.29, 0.717) is 5.15 Å². The molecule has 0 amide bonds. The Morgan fingerprint density at radius 1 is 1.56 bits per heavy atom. The van der Waals surface area contributed by atoms with Gasteiger partial charge in [0.15, 0.2) is 5.15 Å². The smallest absolute Gasteiger partial charge is 0.154 e. The monoisotopic (exact) mass is 236 g/mol. The first-order valence-corrected chi connectivity index (χ1v) is 5.21. The third-order valence-electron chi connectivity index (χ3n) is 2.32. The average molecular weight is 237 g/mol. The van der Waals surface area contributed by atoms with Crippen molar-refractivity contribution in [2.24, 2.45) is 0 Å². The lowest BCUT2D eigenvalue weighted by Gasteiger charge is -2.12. The summed E-state index contributed by atoms with van der Waals surface area (Å²) in [6.07, 6.45) is 3.13. The highest BCUT2D eigenvalue weighted by Gasteiger charge is 2.14. The molecule has 1 atom stereocenters. The zero-order valence-corrected chi connectivity index (χ0v) is 9.77. The first-order valence-electron chi connectivity index (χ1n) is 4.83. The van der Waals surface area contributed by atoms with Crippen LogP contribution in [0.25, 0.3) is 5.69 Å². The van der Waals surface area contributed by atoms with Crippen molar-refractivity contribution in [3.63, 3.8) is 0 Å². The fraction of sp³-hybridized carbons (Fsp3) is 0.273. The van der Waals surface area contributed by atoms with Crippen molar-refractivity contribution in [3.8, 4) is 5.69 Å². The molecule has 1 unspecified atom stereocenters. The SMILES string of the molecule is COC(C)c1[c]cnn1-c1cccnc1Cl. The van der Waals surface area contributed by atoms with E-state index in [4.69, 9.17) is 16.3 Å². The molecule has 0 saturated carbocycles. The number of rotatable bonds is 3. The summed E-state index contributed by atoms with van der Waals surface area (Å²) in [7, 11) is 1.64. The van der Waals surface area contributed by atoms with Crippen molar-refractivity contribution < 1.29 is 4.74 Å². The highest BCUT2D eigenvalue weighted by Crippen LogP contribution is 2.22. The Bertz CT molecular complexity index is 484. The Kier molecular flexibility index (Phi) is 3.22. The van der Waals surface area contributed by atoms with Gasteiger partial charge in [0.2, 0.25) is 0 Å². The van der Waals surface area contributed by atoms with Crippen LogP contribution in [0.15, 0.2) is 24.5 Å². The maximum absolute atomic E-state index is 6.01. The molecule has 0 N–H and O–H groups in total. The Balaban J connectivity index is 2.49. The van der Waals surface area contributed by atoms with Gasteiger partial charge in [-0.25, -0.2) is 9.67 Å². The maximum Gasteiger partial charge on any atom is 0.154 e. The second kappa shape index (κ2) is 4.63. The van der Waals surface area contributed by atoms with E-state index in [9.17, 15) is 0 Å². The minimum absolute atomic E-state index is 0.0984. The highest BCUT2D eigenvalue weighted by molar-refractivity contribution is 6.31. The molecule has 0 aromatic carbocycles. The first-order chi connectivity index (χ1) is 7.74. The van der Waals surface area contributed by atoms with Gasteiger partial charge in [0.25, 0.3) is 0 Å². The molecule has 16 heavy (non-hydrogen) atoms. The molecule has 5 heteroatoms. The number of halogens is 1. The number of hydrogen-bond acceptors (Lipinski definition) is 3. The van der Waals surface area contributed by atoms with Gasteiger partial charge in [-0.2, -0.15) is 5.10 Å². The number of nitrogens with zero attached hydrogens (tertiary/aromatic N) is 3.